The van der Waals surface area contributed by atoms with Crippen molar-refractivity contribution in [3.05, 3.63) is 84.9 Å². The van der Waals surface area contributed by atoms with Gasteiger partial charge < -0.3 is 9.13 Å². The molecule has 2 heteroatoms. The van der Waals surface area contributed by atoms with Crippen molar-refractivity contribution in [1.29, 1.82) is 0 Å². The second-order valence-electron chi connectivity index (χ2n) is 8.70. The smallest absolute Gasteiger partial charge is 0.0498 e. The molecule has 7 aromatic rings. The largest absolute Gasteiger partial charge is 0.341 e. The zero-order valence-corrected chi connectivity index (χ0v) is 18.4. The lowest BCUT2D eigenvalue weighted by atomic mass is 9.94. The van der Waals surface area contributed by atoms with Gasteiger partial charge >= 0.3 is 0 Å². The average molecular weight is 413 g/mol. The quantitative estimate of drug-likeness (QED) is 0.253. The lowest BCUT2D eigenvalue weighted by Gasteiger charge is -2.10. The van der Waals surface area contributed by atoms with Crippen LogP contribution < -0.4 is 0 Å². The van der Waals surface area contributed by atoms with Gasteiger partial charge in [-0.2, -0.15) is 0 Å². The van der Waals surface area contributed by atoms with E-state index in [2.05, 4.69) is 108 Å². The van der Waals surface area contributed by atoms with Gasteiger partial charge in [-0.25, -0.2) is 0 Å². The lowest BCUT2D eigenvalue weighted by molar-refractivity contribution is 0.827. The summed E-state index contributed by atoms with van der Waals surface area (Å²) in [7, 11) is 0. The number of hydrogen-bond donors (Lipinski definition) is 0. The molecule has 0 aliphatic heterocycles. The summed E-state index contributed by atoms with van der Waals surface area (Å²) in [6.07, 6.45) is 0. The Bertz CT molecular complexity index is 1710. The lowest BCUT2D eigenvalue weighted by Crippen LogP contribution is -1.93. The van der Waals surface area contributed by atoms with Crippen LogP contribution in [0.3, 0.4) is 0 Å². The molecular formula is C30H24N2. The molecule has 32 heavy (non-hydrogen) atoms. The van der Waals surface area contributed by atoms with Crippen LogP contribution in [0.15, 0.2) is 84.9 Å². The van der Waals surface area contributed by atoms with E-state index in [0.29, 0.717) is 0 Å². The highest BCUT2D eigenvalue weighted by atomic mass is 15.0. The highest BCUT2D eigenvalue weighted by Crippen LogP contribution is 2.43. The molecule has 0 saturated heterocycles. The SMILES string of the molecule is CCn1c2ccccc2c2c3c(ccc4ccc5c(c6ccccc6n5CC)c43)ccc21. The number of hydrogen-bond acceptors (Lipinski definition) is 0. The van der Waals surface area contributed by atoms with E-state index in [9.17, 15) is 0 Å². The van der Waals surface area contributed by atoms with Gasteiger partial charge in [-0.15, -0.1) is 0 Å². The summed E-state index contributed by atoms with van der Waals surface area (Å²) in [6, 6.07) is 31.6. The number of rotatable bonds is 2. The molecule has 2 nitrogen and oxygen atoms in total. The van der Waals surface area contributed by atoms with Crippen molar-refractivity contribution in [3.8, 4) is 0 Å². The number of benzene rings is 5. The van der Waals surface area contributed by atoms with E-state index in [-0.39, 0.29) is 0 Å². The van der Waals surface area contributed by atoms with Crippen molar-refractivity contribution in [2.45, 2.75) is 26.9 Å². The van der Waals surface area contributed by atoms with Crippen LogP contribution in [0.5, 0.6) is 0 Å². The summed E-state index contributed by atoms with van der Waals surface area (Å²) in [5.41, 5.74) is 5.28. The number of aryl methyl sites for hydroxylation is 2. The maximum absolute atomic E-state index is 2.46. The van der Waals surface area contributed by atoms with Crippen molar-refractivity contribution < 1.29 is 0 Å². The normalized spacial score (nSPS) is 12.3. The fourth-order valence-electron chi connectivity index (χ4n) is 5.99. The van der Waals surface area contributed by atoms with Crippen LogP contribution in [-0.2, 0) is 13.1 Å². The second kappa shape index (κ2) is 6.37. The van der Waals surface area contributed by atoms with Crippen LogP contribution in [0.4, 0.5) is 0 Å². The maximum Gasteiger partial charge on any atom is 0.0498 e. The highest BCUT2D eigenvalue weighted by Gasteiger charge is 2.18. The summed E-state index contributed by atoms with van der Waals surface area (Å²) >= 11 is 0. The van der Waals surface area contributed by atoms with E-state index in [1.54, 1.807) is 0 Å². The third-order valence-corrected chi connectivity index (χ3v) is 7.27. The molecule has 0 unspecified atom stereocenters. The Morgan fingerprint density at radius 3 is 1.28 bits per heavy atom. The van der Waals surface area contributed by atoms with Crippen molar-refractivity contribution in [3.63, 3.8) is 0 Å². The molecule has 0 aliphatic rings. The summed E-state index contributed by atoms with van der Waals surface area (Å²) in [5.74, 6) is 0. The van der Waals surface area contributed by atoms with E-state index in [1.807, 2.05) is 0 Å². The molecular weight excluding hydrogens is 388 g/mol. The van der Waals surface area contributed by atoms with Crippen LogP contribution in [0.25, 0.3) is 65.2 Å². The first-order chi connectivity index (χ1) is 15.8. The van der Waals surface area contributed by atoms with Crippen LogP contribution in [-0.4, -0.2) is 9.13 Å². The Morgan fingerprint density at radius 2 is 0.844 bits per heavy atom. The summed E-state index contributed by atoms with van der Waals surface area (Å²) in [5, 5.41) is 10.8. The molecule has 5 aromatic carbocycles. The molecule has 2 heterocycles. The molecule has 0 saturated carbocycles. The van der Waals surface area contributed by atoms with E-state index < -0.39 is 0 Å². The zero-order valence-electron chi connectivity index (χ0n) is 18.4. The van der Waals surface area contributed by atoms with Gasteiger partial charge in [-0.1, -0.05) is 60.7 Å². The molecule has 0 radical (unpaired) electrons. The maximum atomic E-state index is 2.46. The zero-order chi connectivity index (χ0) is 21.4. The van der Waals surface area contributed by atoms with Gasteiger partial charge in [0.25, 0.3) is 0 Å². The van der Waals surface area contributed by atoms with E-state index in [0.717, 1.165) is 13.1 Å². The third kappa shape index (κ3) is 2.10. The molecule has 7 rings (SSSR count). The van der Waals surface area contributed by atoms with Crippen molar-refractivity contribution in [1.82, 2.24) is 9.13 Å². The molecule has 0 spiro atoms. The Morgan fingerprint density at radius 1 is 0.438 bits per heavy atom. The fraction of sp³-hybridized carbons (Fsp3) is 0.133. The number of para-hydroxylation sites is 2. The van der Waals surface area contributed by atoms with Gasteiger partial charge in [0.15, 0.2) is 0 Å². The van der Waals surface area contributed by atoms with Gasteiger partial charge in [0.2, 0.25) is 0 Å². The fourth-order valence-corrected chi connectivity index (χ4v) is 5.99. The Hall–Kier alpha value is -3.78. The van der Waals surface area contributed by atoms with Gasteiger partial charge in [-0.3, -0.25) is 0 Å². The molecule has 0 amide bonds. The minimum absolute atomic E-state index is 0.963. The van der Waals surface area contributed by atoms with Crippen LogP contribution in [0, 0.1) is 0 Å². The number of aromatic nitrogens is 2. The summed E-state index contributed by atoms with van der Waals surface area (Å²) < 4.78 is 4.91. The molecule has 0 fully saturated rings. The minimum Gasteiger partial charge on any atom is -0.341 e. The molecule has 0 N–H and O–H groups in total. The molecule has 0 atom stereocenters. The van der Waals surface area contributed by atoms with E-state index in [1.165, 1.54) is 65.2 Å². The van der Waals surface area contributed by atoms with E-state index >= 15 is 0 Å². The van der Waals surface area contributed by atoms with Crippen LogP contribution >= 0.6 is 0 Å². The number of nitrogens with zero attached hydrogens (tertiary/aromatic N) is 2. The predicted octanol–water partition coefficient (Wildman–Crippen LogP) is 8.25. The molecule has 154 valence electrons. The minimum atomic E-state index is 0.963. The molecule has 0 bridgehead atoms. The predicted molar refractivity (Wildman–Crippen MR) is 139 cm³/mol. The van der Waals surface area contributed by atoms with Crippen LogP contribution in [0.2, 0.25) is 0 Å². The van der Waals surface area contributed by atoms with Crippen molar-refractivity contribution in [2.24, 2.45) is 0 Å². The molecule has 0 aliphatic carbocycles. The molecule has 2 aromatic heterocycles. The number of fused-ring (bicyclic) bond motifs is 11. The van der Waals surface area contributed by atoms with Gasteiger partial charge in [0, 0.05) is 67.5 Å². The average Bonchev–Trinajstić information content (AvgIpc) is 3.35. The van der Waals surface area contributed by atoms with Gasteiger partial charge in [0.05, 0.1) is 0 Å². The topological polar surface area (TPSA) is 9.86 Å². The van der Waals surface area contributed by atoms with E-state index in [4.69, 9.17) is 0 Å². The first-order valence-electron chi connectivity index (χ1n) is 11.6. The highest BCUT2D eigenvalue weighted by molar-refractivity contribution is 6.35. The second-order valence-corrected chi connectivity index (χ2v) is 8.70. The standard InChI is InChI=1S/C30H24N2/c1-3-31-23-11-7-5-9-21(23)29-25(31)17-15-19-13-14-20-16-18-26-30(28(20)27(19)29)22-10-6-8-12-24(22)32(26)4-2/h5-18H,3-4H2,1-2H3. The summed E-state index contributed by atoms with van der Waals surface area (Å²) in [6.45, 7) is 6.41. The van der Waals surface area contributed by atoms with Crippen LogP contribution in [0.1, 0.15) is 13.8 Å². The Labute approximate surface area is 186 Å². The van der Waals surface area contributed by atoms with Crippen molar-refractivity contribution in [2.75, 3.05) is 0 Å². The van der Waals surface area contributed by atoms with Crippen molar-refractivity contribution >= 4 is 65.2 Å². The van der Waals surface area contributed by atoms with Gasteiger partial charge in [-0.05, 0) is 48.9 Å². The first-order valence-corrected chi connectivity index (χ1v) is 11.6. The third-order valence-electron chi connectivity index (χ3n) is 7.27. The first kappa shape index (κ1) is 17.9. The summed E-state index contributed by atoms with van der Waals surface area (Å²) in [4.78, 5) is 0. The monoisotopic (exact) mass is 412 g/mol. The van der Waals surface area contributed by atoms with Gasteiger partial charge in [0.1, 0.15) is 0 Å². The Balaban J connectivity index is 1.87. The Kier molecular flexibility index (Phi) is 3.55.